The van der Waals surface area contributed by atoms with E-state index in [1.165, 1.54) is 18.6 Å². The predicted octanol–water partition coefficient (Wildman–Crippen LogP) is 0.926. The Morgan fingerprint density at radius 1 is 1.44 bits per heavy atom. The number of hydrogen-bond donors (Lipinski definition) is 3. The number of carbonyl (C=O) groups is 1. The van der Waals surface area contributed by atoms with E-state index in [9.17, 15) is 4.79 Å². The molecule has 3 N–H and O–H groups in total. The maximum Gasteiger partial charge on any atom is 0.305 e. The van der Waals surface area contributed by atoms with Crippen molar-refractivity contribution in [3.8, 4) is 0 Å². The van der Waals surface area contributed by atoms with Crippen molar-refractivity contribution in [3.63, 3.8) is 0 Å². The second kappa shape index (κ2) is 7.14. The summed E-state index contributed by atoms with van der Waals surface area (Å²) < 4.78 is 0. The van der Waals surface area contributed by atoms with Gasteiger partial charge in [-0.05, 0) is 31.4 Å². The molecular formula is C11H22N2O2S. The van der Waals surface area contributed by atoms with Crippen molar-refractivity contribution in [2.45, 2.75) is 31.2 Å². The first kappa shape index (κ1) is 13.8. The van der Waals surface area contributed by atoms with E-state index in [-0.39, 0.29) is 12.0 Å². The van der Waals surface area contributed by atoms with Crippen LogP contribution >= 0.6 is 11.8 Å². The molecule has 0 radical (unpaired) electrons. The molecule has 1 rings (SSSR count). The van der Waals surface area contributed by atoms with Crippen molar-refractivity contribution in [3.05, 3.63) is 0 Å². The van der Waals surface area contributed by atoms with Crippen LogP contribution in [-0.4, -0.2) is 48.3 Å². The maximum absolute atomic E-state index is 10.7. The normalized spacial score (nSPS) is 18.1. The SMILES string of the molecule is CSCCCCCNC1(CC(=O)O)CNC1. The van der Waals surface area contributed by atoms with Crippen molar-refractivity contribution >= 4 is 17.7 Å². The lowest BCUT2D eigenvalue weighted by Gasteiger charge is -2.42. The Labute approximate surface area is 102 Å². The van der Waals surface area contributed by atoms with Crippen LogP contribution in [0.25, 0.3) is 0 Å². The monoisotopic (exact) mass is 246 g/mol. The average Bonchev–Trinajstić information content (AvgIpc) is 2.18. The molecule has 0 aromatic carbocycles. The number of aliphatic carboxylic acids is 1. The minimum Gasteiger partial charge on any atom is -0.481 e. The van der Waals surface area contributed by atoms with Gasteiger partial charge >= 0.3 is 5.97 Å². The van der Waals surface area contributed by atoms with E-state index in [1.807, 2.05) is 11.8 Å². The van der Waals surface area contributed by atoms with Crippen LogP contribution in [-0.2, 0) is 4.79 Å². The number of nitrogens with one attached hydrogen (secondary N) is 2. The minimum atomic E-state index is -0.712. The van der Waals surface area contributed by atoms with E-state index in [1.54, 1.807) is 0 Å². The molecular weight excluding hydrogens is 224 g/mol. The van der Waals surface area contributed by atoms with Crippen LogP contribution in [0.15, 0.2) is 0 Å². The van der Waals surface area contributed by atoms with Gasteiger partial charge in [-0.3, -0.25) is 4.79 Å². The molecule has 5 heteroatoms. The summed E-state index contributed by atoms with van der Waals surface area (Å²) in [5.74, 6) is 0.512. The van der Waals surface area contributed by atoms with E-state index >= 15 is 0 Å². The molecule has 0 amide bonds. The van der Waals surface area contributed by atoms with Gasteiger partial charge in [-0.2, -0.15) is 11.8 Å². The highest BCUT2D eigenvalue weighted by molar-refractivity contribution is 7.98. The fourth-order valence-electron chi connectivity index (χ4n) is 1.93. The lowest BCUT2D eigenvalue weighted by Crippen LogP contribution is -2.68. The first-order chi connectivity index (χ1) is 7.68. The molecule has 1 heterocycles. The highest BCUT2D eigenvalue weighted by Gasteiger charge is 2.38. The van der Waals surface area contributed by atoms with Crippen LogP contribution in [0.2, 0.25) is 0 Å². The molecule has 4 nitrogen and oxygen atoms in total. The molecule has 1 aliphatic heterocycles. The van der Waals surface area contributed by atoms with Crippen molar-refractivity contribution in [2.24, 2.45) is 0 Å². The smallest absolute Gasteiger partial charge is 0.305 e. The number of unbranched alkanes of at least 4 members (excludes halogenated alkanes) is 2. The van der Waals surface area contributed by atoms with Gasteiger partial charge in [0.05, 0.1) is 12.0 Å². The summed E-state index contributed by atoms with van der Waals surface area (Å²) >= 11 is 1.88. The molecule has 1 saturated heterocycles. The minimum absolute atomic E-state index is 0.175. The third-order valence-electron chi connectivity index (χ3n) is 2.94. The van der Waals surface area contributed by atoms with Crippen molar-refractivity contribution < 1.29 is 9.90 Å². The van der Waals surface area contributed by atoms with Gasteiger partial charge in [0, 0.05) is 13.1 Å². The number of carboxylic acids is 1. The summed E-state index contributed by atoms with van der Waals surface area (Å²) in [5.41, 5.74) is -0.175. The van der Waals surface area contributed by atoms with Crippen LogP contribution in [0.1, 0.15) is 25.7 Å². The Hall–Kier alpha value is -0.260. The lowest BCUT2D eigenvalue weighted by molar-refractivity contribution is -0.139. The summed E-state index contributed by atoms with van der Waals surface area (Å²) in [6, 6.07) is 0. The van der Waals surface area contributed by atoms with Crippen LogP contribution in [0, 0.1) is 0 Å². The molecule has 0 saturated carbocycles. The van der Waals surface area contributed by atoms with E-state index in [4.69, 9.17) is 5.11 Å². The Morgan fingerprint density at radius 3 is 2.69 bits per heavy atom. The molecule has 1 fully saturated rings. The van der Waals surface area contributed by atoms with Gasteiger partial charge in [0.15, 0.2) is 0 Å². The van der Waals surface area contributed by atoms with E-state index in [0.717, 1.165) is 26.1 Å². The zero-order chi connectivity index (χ0) is 11.9. The van der Waals surface area contributed by atoms with Crippen molar-refractivity contribution in [1.29, 1.82) is 0 Å². The molecule has 0 aromatic rings. The summed E-state index contributed by atoms with van der Waals surface area (Å²) in [6.45, 7) is 2.50. The second-order valence-corrected chi connectivity index (χ2v) is 5.42. The fraction of sp³-hybridized carbons (Fsp3) is 0.909. The topological polar surface area (TPSA) is 61.4 Å². The highest BCUT2D eigenvalue weighted by Crippen LogP contribution is 2.16. The first-order valence-corrected chi connectivity index (χ1v) is 7.24. The van der Waals surface area contributed by atoms with Crippen molar-refractivity contribution in [2.75, 3.05) is 31.6 Å². The zero-order valence-corrected chi connectivity index (χ0v) is 10.7. The number of thioether (sulfide) groups is 1. The van der Waals surface area contributed by atoms with Crippen LogP contribution in [0.5, 0.6) is 0 Å². The third kappa shape index (κ3) is 4.72. The fourth-order valence-corrected chi connectivity index (χ4v) is 2.42. The van der Waals surface area contributed by atoms with Crippen LogP contribution < -0.4 is 10.6 Å². The molecule has 0 aromatic heterocycles. The van der Waals surface area contributed by atoms with Gasteiger partial charge in [0.1, 0.15) is 0 Å². The van der Waals surface area contributed by atoms with Gasteiger partial charge in [-0.1, -0.05) is 6.42 Å². The molecule has 0 unspecified atom stereocenters. The maximum atomic E-state index is 10.7. The highest BCUT2D eigenvalue weighted by atomic mass is 32.2. The Morgan fingerprint density at radius 2 is 2.19 bits per heavy atom. The predicted molar refractivity (Wildman–Crippen MR) is 68.1 cm³/mol. The molecule has 1 aliphatic rings. The Kier molecular flexibility index (Phi) is 6.16. The standard InChI is InChI=1S/C11H22N2O2S/c1-16-6-4-2-3-5-13-11(7-10(14)15)8-12-9-11/h12-13H,2-9H2,1H3,(H,14,15). The summed E-state index contributed by atoms with van der Waals surface area (Å²) in [4.78, 5) is 10.7. The van der Waals surface area contributed by atoms with Gasteiger partial charge in [-0.15, -0.1) is 0 Å². The average molecular weight is 246 g/mol. The first-order valence-electron chi connectivity index (χ1n) is 5.85. The van der Waals surface area contributed by atoms with Gasteiger partial charge < -0.3 is 15.7 Å². The summed E-state index contributed by atoms with van der Waals surface area (Å²) in [5, 5.41) is 15.3. The summed E-state index contributed by atoms with van der Waals surface area (Å²) in [6.07, 6.45) is 5.98. The third-order valence-corrected chi connectivity index (χ3v) is 3.64. The molecule has 0 spiro atoms. The molecule has 16 heavy (non-hydrogen) atoms. The second-order valence-electron chi connectivity index (χ2n) is 4.43. The number of rotatable bonds is 9. The van der Waals surface area contributed by atoms with Gasteiger partial charge in [0.25, 0.3) is 0 Å². The van der Waals surface area contributed by atoms with Crippen LogP contribution in [0.4, 0.5) is 0 Å². The van der Waals surface area contributed by atoms with Gasteiger partial charge in [-0.25, -0.2) is 0 Å². The molecule has 0 bridgehead atoms. The number of carboxylic acid groups (broad SMARTS) is 1. The Balaban J connectivity index is 2.07. The van der Waals surface area contributed by atoms with E-state index < -0.39 is 5.97 Å². The van der Waals surface area contributed by atoms with Crippen LogP contribution in [0.3, 0.4) is 0 Å². The van der Waals surface area contributed by atoms with E-state index in [0.29, 0.717) is 0 Å². The van der Waals surface area contributed by atoms with Crippen molar-refractivity contribution in [1.82, 2.24) is 10.6 Å². The summed E-state index contributed by atoms with van der Waals surface area (Å²) in [7, 11) is 0. The Bertz CT molecular complexity index is 220. The lowest BCUT2D eigenvalue weighted by atomic mass is 9.88. The van der Waals surface area contributed by atoms with Gasteiger partial charge in [0.2, 0.25) is 0 Å². The number of hydrogen-bond acceptors (Lipinski definition) is 4. The quantitative estimate of drug-likeness (QED) is 0.528. The molecule has 0 atom stereocenters. The zero-order valence-electron chi connectivity index (χ0n) is 9.92. The van der Waals surface area contributed by atoms with E-state index in [2.05, 4.69) is 16.9 Å². The molecule has 94 valence electrons. The molecule has 0 aliphatic carbocycles. The largest absolute Gasteiger partial charge is 0.481 e.